The Labute approximate surface area is 115 Å². The number of H-pyrrole nitrogens is 1. The number of fused-ring (bicyclic) bond motifs is 1. The lowest BCUT2D eigenvalue weighted by Gasteiger charge is -2.17. The fraction of sp³-hybridized carbons (Fsp3) is 0.429. The second kappa shape index (κ2) is 6.49. The van der Waals surface area contributed by atoms with E-state index >= 15 is 0 Å². The number of benzene rings is 1. The van der Waals surface area contributed by atoms with Gasteiger partial charge in [0.15, 0.2) is 6.29 Å². The van der Waals surface area contributed by atoms with Crippen LogP contribution in [0.3, 0.4) is 0 Å². The van der Waals surface area contributed by atoms with Gasteiger partial charge in [0, 0.05) is 13.2 Å². The molecule has 0 fully saturated rings. The highest BCUT2D eigenvalue weighted by molar-refractivity contribution is 5.80. The van der Waals surface area contributed by atoms with Crippen molar-refractivity contribution in [3.05, 3.63) is 45.0 Å². The zero-order chi connectivity index (χ0) is 14.5. The lowest BCUT2D eigenvalue weighted by molar-refractivity contribution is -0.145. The molecule has 0 aliphatic rings. The molecule has 1 N–H and O–H groups in total. The molecule has 6 nitrogen and oxygen atoms in total. The Hall–Kier alpha value is -1.92. The first-order chi connectivity index (χ1) is 9.67. The monoisotopic (exact) mass is 278 g/mol. The molecule has 0 saturated carbocycles. The van der Waals surface area contributed by atoms with E-state index in [-0.39, 0.29) is 17.7 Å². The summed E-state index contributed by atoms with van der Waals surface area (Å²) in [6.45, 7) is 4.78. The van der Waals surface area contributed by atoms with E-state index in [1.807, 2.05) is 13.8 Å². The summed E-state index contributed by atoms with van der Waals surface area (Å²) in [4.78, 5) is 24.3. The second-order valence-corrected chi connectivity index (χ2v) is 4.24. The molecule has 0 spiro atoms. The van der Waals surface area contributed by atoms with Crippen molar-refractivity contribution in [1.29, 1.82) is 0 Å². The molecule has 2 rings (SSSR count). The summed E-state index contributed by atoms with van der Waals surface area (Å²) in [5, 5.41) is 3.33. The minimum atomic E-state index is -0.556. The molecule has 2 aromatic rings. The first-order valence-corrected chi connectivity index (χ1v) is 6.62. The van der Waals surface area contributed by atoms with Crippen molar-refractivity contribution in [3.63, 3.8) is 0 Å². The third-order valence-corrected chi connectivity index (χ3v) is 2.92. The topological polar surface area (TPSA) is 73.3 Å². The van der Waals surface area contributed by atoms with Crippen LogP contribution in [0.4, 0.5) is 0 Å². The van der Waals surface area contributed by atoms with Crippen molar-refractivity contribution < 1.29 is 9.47 Å². The lowest BCUT2D eigenvalue weighted by Crippen LogP contribution is -2.35. The van der Waals surface area contributed by atoms with Crippen molar-refractivity contribution in [1.82, 2.24) is 9.78 Å². The standard InChI is InChI=1S/C14H18N2O4/c1-3-19-12(20-4-2)9-16-14(18)11-8-6-5-7-10(11)13(17)15-16/h5-8,12H,3-4,9H2,1-2H3,(H,15,17). The van der Waals surface area contributed by atoms with Crippen molar-refractivity contribution in [2.45, 2.75) is 26.7 Å². The van der Waals surface area contributed by atoms with Crippen LogP contribution in [0, 0.1) is 0 Å². The highest BCUT2D eigenvalue weighted by Gasteiger charge is 2.13. The van der Waals surface area contributed by atoms with Crippen molar-refractivity contribution >= 4 is 10.8 Å². The van der Waals surface area contributed by atoms with Crippen LogP contribution in [0.5, 0.6) is 0 Å². The number of nitrogens with one attached hydrogen (secondary N) is 1. The van der Waals surface area contributed by atoms with Crippen molar-refractivity contribution in [2.24, 2.45) is 0 Å². The molecular formula is C14H18N2O4. The Morgan fingerprint density at radius 3 is 2.30 bits per heavy atom. The number of ether oxygens (including phenoxy) is 2. The quantitative estimate of drug-likeness (QED) is 0.803. The number of aromatic nitrogens is 2. The Kier molecular flexibility index (Phi) is 4.70. The Morgan fingerprint density at radius 2 is 1.70 bits per heavy atom. The first-order valence-electron chi connectivity index (χ1n) is 6.62. The largest absolute Gasteiger partial charge is 0.351 e. The highest BCUT2D eigenvalue weighted by atomic mass is 16.7. The third-order valence-electron chi connectivity index (χ3n) is 2.92. The first kappa shape index (κ1) is 14.5. The molecule has 20 heavy (non-hydrogen) atoms. The smallest absolute Gasteiger partial charge is 0.273 e. The third kappa shape index (κ3) is 2.97. The van der Waals surface area contributed by atoms with Crippen molar-refractivity contribution in [3.8, 4) is 0 Å². The average Bonchev–Trinajstić information content (AvgIpc) is 2.45. The van der Waals surface area contributed by atoms with Gasteiger partial charge in [-0.05, 0) is 26.0 Å². The van der Waals surface area contributed by atoms with Crippen LogP contribution in [0.15, 0.2) is 33.9 Å². The van der Waals surface area contributed by atoms with Gasteiger partial charge in [-0.2, -0.15) is 0 Å². The van der Waals surface area contributed by atoms with Crippen LogP contribution in [0.1, 0.15) is 13.8 Å². The van der Waals surface area contributed by atoms with Gasteiger partial charge in [-0.15, -0.1) is 0 Å². The predicted molar refractivity (Wildman–Crippen MR) is 75.9 cm³/mol. The van der Waals surface area contributed by atoms with Crippen LogP contribution in [-0.4, -0.2) is 29.3 Å². The molecule has 0 saturated heterocycles. The number of aromatic amines is 1. The van der Waals surface area contributed by atoms with Gasteiger partial charge in [0.25, 0.3) is 11.1 Å². The maximum Gasteiger partial charge on any atom is 0.273 e. The average molecular weight is 278 g/mol. The van der Waals surface area contributed by atoms with E-state index in [0.717, 1.165) is 0 Å². The molecule has 108 valence electrons. The summed E-state index contributed by atoms with van der Waals surface area (Å²) >= 11 is 0. The van der Waals surface area contributed by atoms with Gasteiger partial charge in [0.1, 0.15) is 0 Å². The molecule has 0 aliphatic heterocycles. The minimum absolute atomic E-state index is 0.153. The van der Waals surface area contributed by atoms with Gasteiger partial charge in [0.2, 0.25) is 0 Å². The predicted octanol–water partition coefficient (Wildman–Crippen LogP) is 1.09. The maximum absolute atomic E-state index is 12.3. The SMILES string of the molecule is CCOC(Cn1[nH]c(=O)c2ccccc2c1=O)OCC. The fourth-order valence-corrected chi connectivity index (χ4v) is 2.05. The number of rotatable bonds is 6. The Morgan fingerprint density at radius 1 is 1.10 bits per heavy atom. The summed E-state index contributed by atoms with van der Waals surface area (Å²) in [6.07, 6.45) is -0.556. The molecule has 0 radical (unpaired) electrons. The van der Waals surface area contributed by atoms with Crippen LogP contribution in [0.2, 0.25) is 0 Å². The van der Waals surface area contributed by atoms with Gasteiger partial charge in [0.05, 0.1) is 17.3 Å². The summed E-state index contributed by atoms with van der Waals surface area (Å²) in [6, 6.07) is 6.73. The number of nitrogens with zero attached hydrogens (tertiary/aromatic N) is 1. The Balaban J connectivity index is 2.42. The summed E-state index contributed by atoms with van der Waals surface area (Å²) in [5.74, 6) is 0. The Bertz CT molecular complexity index is 683. The maximum atomic E-state index is 12.3. The van der Waals surface area contributed by atoms with E-state index in [9.17, 15) is 9.59 Å². The van der Waals surface area contributed by atoms with E-state index in [0.29, 0.717) is 24.0 Å². The van der Waals surface area contributed by atoms with Gasteiger partial charge in [-0.1, -0.05) is 12.1 Å². The second-order valence-electron chi connectivity index (χ2n) is 4.24. The van der Waals surface area contributed by atoms with Crippen LogP contribution < -0.4 is 11.1 Å². The molecule has 6 heteroatoms. The zero-order valence-corrected chi connectivity index (χ0v) is 11.6. The van der Waals surface area contributed by atoms with Crippen molar-refractivity contribution in [2.75, 3.05) is 13.2 Å². The van der Waals surface area contributed by atoms with Crippen LogP contribution in [-0.2, 0) is 16.0 Å². The molecule has 1 aromatic carbocycles. The molecule has 0 unspecified atom stereocenters. The van der Waals surface area contributed by atoms with E-state index in [2.05, 4.69) is 5.10 Å². The molecule has 0 amide bonds. The van der Waals surface area contributed by atoms with Gasteiger partial charge in [-0.3, -0.25) is 14.7 Å². The summed E-state index contributed by atoms with van der Waals surface area (Å²) < 4.78 is 12.0. The van der Waals surface area contributed by atoms with Crippen LogP contribution >= 0.6 is 0 Å². The van der Waals surface area contributed by atoms with E-state index in [1.165, 1.54) is 4.68 Å². The number of hydrogen-bond donors (Lipinski definition) is 1. The highest BCUT2D eigenvalue weighted by Crippen LogP contribution is 2.03. The molecule has 1 aromatic heterocycles. The lowest BCUT2D eigenvalue weighted by atomic mass is 10.2. The number of hydrogen-bond acceptors (Lipinski definition) is 4. The van der Waals surface area contributed by atoms with Crippen LogP contribution in [0.25, 0.3) is 10.8 Å². The normalized spacial score (nSPS) is 11.3. The zero-order valence-electron chi connectivity index (χ0n) is 11.6. The van der Waals surface area contributed by atoms with Gasteiger partial charge < -0.3 is 9.47 Å². The van der Waals surface area contributed by atoms with E-state index in [4.69, 9.17) is 9.47 Å². The molecule has 0 bridgehead atoms. The summed E-state index contributed by atoms with van der Waals surface area (Å²) in [7, 11) is 0. The minimum Gasteiger partial charge on any atom is -0.351 e. The molecule has 0 atom stereocenters. The molecular weight excluding hydrogens is 260 g/mol. The van der Waals surface area contributed by atoms with Gasteiger partial charge >= 0.3 is 0 Å². The fourth-order valence-electron chi connectivity index (χ4n) is 2.05. The summed E-state index contributed by atoms with van der Waals surface area (Å²) in [5.41, 5.74) is -0.559. The molecule has 1 heterocycles. The van der Waals surface area contributed by atoms with E-state index in [1.54, 1.807) is 24.3 Å². The van der Waals surface area contributed by atoms with E-state index < -0.39 is 6.29 Å². The van der Waals surface area contributed by atoms with Gasteiger partial charge in [-0.25, -0.2) is 4.68 Å². The molecule has 0 aliphatic carbocycles.